The number of hydrogen-bond acceptors (Lipinski definition) is 4. The predicted molar refractivity (Wildman–Crippen MR) is 74.5 cm³/mol. The molecular weight excluding hydrogens is 244 g/mol. The van der Waals surface area contributed by atoms with E-state index in [4.69, 9.17) is 0 Å². The molecule has 19 heavy (non-hydrogen) atoms. The molecule has 0 atom stereocenters. The molecule has 0 aliphatic rings. The fourth-order valence-electron chi connectivity index (χ4n) is 1.66. The molecule has 0 saturated heterocycles. The molecule has 1 aromatic rings. The number of nitrogens with one attached hydrogen (secondary N) is 1. The van der Waals surface area contributed by atoms with Crippen LogP contribution in [0.4, 0.5) is 5.69 Å². The number of phenols is 1. The third-order valence-corrected chi connectivity index (χ3v) is 2.52. The fourth-order valence-corrected chi connectivity index (χ4v) is 1.66. The number of amides is 1. The number of hydrogen-bond donors (Lipinski definition) is 2. The molecule has 0 unspecified atom stereocenters. The van der Waals surface area contributed by atoms with Crippen molar-refractivity contribution in [1.82, 2.24) is 4.90 Å². The molecule has 1 rings (SSSR count). The Bertz CT molecular complexity index is 470. The van der Waals surface area contributed by atoms with Crippen LogP contribution in [0.1, 0.15) is 30.1 Å². The van der Waals surface area contributed by atoms with Gasteiger partial charge in [-0.15, -0.1) is 0 Å². The molecule has 1 amide bonds. The lowest BCUT2D eigenvalue weighted by Gasteiger charge is -2.11. The Morgan fingerprint density at radius 3 is 2.58 bits per heavy atom. The number of Topliss-reactive ketones (excluding diaryl/α,β-unsaturated/α-hetero) is 1. The van der Waals surface area contributed by atoms with Gasteiger partial charge in [-0.1, -0.05) is 6.92 Å². The van der Waals surface area contributed by atoms with Crippen molar-refractivity contribution < 1.29 is 14.7 Å². The largest absolute Gasteiger partial charge is 0.507 e. The number of anilines is 1. The van der Waals surface area contributed by atoms with E-state index in [0.717, 1.165) is 6.42 Å². The van der Waals surface area contributed by atoms with Gasteiger partial charge in [-0.25, -0.2) is 0 Å². The van der Waals surface area contributed by atoms with Gasteiger partial charge in [0, 0.05) is 12.1 Å². The number of carbonyl (C=O) groups excluding carboxylic acids is 2. The summed E-state index contributed by atoms with van der Waals surface area (Å²) in [6.45, 7) is 2.13. The van der Waals surface area contributed by atoms with E-state index >= 15 is 0 Å². The average Bonchev–Trinajstić information content (AvgIpc) is 2.31. The normalized spacial score (nSPS) is 10.5. The lowest BCUT2D eigenvalue weighted by Crippen LogP contribution is -2.22. The van der Waals surface area contributed by atoms with Crippen molar-refractivity contribution in [2.45, 2.75) is 19.8 Å². The zero-order valence-electron chi connectivity index (χ0n) is 11.6. The van der Waals surface area contributed by atoms with E-state index in [1.54, 1.807) is 25.1 Å². The minimum atomic E-state index is -0.186. The second-order valence-electron chi connectivity index (χ2n) is 4.69. The molecule has 1 aromatic carbocycles. The molecule has 0 saturated carbocycles. The monoisotopic (exact) mass is 264 g/mol. The van der Waals surface area contributed by atoms with Crippen LogP contribution in [0.3, 0.4) is 0 Å². The van der Waals surface area contributed by atoms with Gasteiger partial charge in [0.2, 0.25) is 5.91 Å². The Hall–Kier alpha value is -1.88. The first-order valence-corrected chi connectivity index (χ1v) is 6.24. The summed E-state index contributed by atoms with van der Waals surface area (Å²) in [5.74, 6) is -0.353. The molecule has 0 spiro atoms. The first-order valence-electron chi connectivity index (χ1n) is 6.24. The molecule has 5 heteroatoms. The number of carbonyl (C=O) groups is 2. The third kappa shape index (κ3) is 4.71. The summed E-state index contributed by atoms with van der Waals surface area (Å²) in [5, 5.41) is 12.4. The smallest absolute Gasteiger partial charge is 0.224 e. The van der Waals surface area contributed by atoms with Crippen LogP contribution < -0.4 is 5.32 Å². The zero-order valence-corrected chi connectivity index (χ0v) is 11.6. The van der Waals surface area contributed by atoms with Gasteiger partial charge in [0.15, 0.2) is 5.78 Å². The molecule has 0 fully saturated rings. The molecule has 2 N–H and O–H groups in total. The van der Waals surface area contributed by atoms with Gasteiger partial charge >= 0.3 is 0 Å². The van der Waals surface area contributed by atoms with Crippen molar-refractivity contribution in [3.8, 4) is 5.75 Å². The van der Waals surface area contributed by atoms with Gasteiger partial charge in [-0.05, 0) is 38.7 Å². The molecule has 104 valence electrons. The van der Waals surface area contributed by atoms with E-state index in [-0.39, 0.29) is 29.5 Å². The van der Waals surface area contributed by atoms with Gasteiger partial charge in [-0.3, -0.25) is 9.59 Å². The second kappa shape index (κ2) is 6.89. The van der Waals surface area contributed by atoms with Crippen LogP contribution in [-0.4, -0.2) is 42.3 Å². The van der Waals surface area contributed by atoms with Crippen molar-refractivity contribution >= 4 is 17.4 Å². The van der Waals surface area contributed by atoms with Gasteiger partial charge in [0.1, 0.15) is 5.75 Å². The highest BCUT2D eigenvalue weighted by atomic mass is 16.3. The molecule has 0 aliphatic heterocycles. The highest BCUT2D eigenvalue weighted by molar-refractivity contribution is 6.01. The summed E-state index contributed by atoms with van der Waals surface area (Å²) < 4.78 is 0. The van der Waals surface area contributed by atoms with Gasteiger partial charge in [-0.2, -0.15) is 0 Å². The topological polar surface area (TPSA) is 69.6 Å². The van der Waals surface area contributed by atoms with Crippen molar-refractivity contribution in [2.24, 2.45) is 0 Å². The summed E-state index contributed by atoms with van der Waals surface area (Å²) in [6, 6.07) is 4.51. The first kappa shape index (κ1) is 15.2. The SMILES string of the molecule is CCCC(=O)Nc1ccc(O)c(C(=O)CN(C)C)c1. The van der Waals surface area contributed by atoms with E-state index < -0.39 is 0 Å². The van der Waals surface area contributed by atoms with Crippen LogP contribution in [0.25, 0.3) is 0 Å². The molecule has 0 aromatic heterocycles. The number of phenolic OH excluding ortho intramolecular Hbond substituents is 1. The predicted octanol–water partition coefficient (Wildman–Crippen LogP) is 1.88. The van der Waals surface area contributed by atoms with Crippen LogP contribution in [-0.2, 0) is 4.79 Å². The standard InChI is InChI=1S/C14H20N2O3/c1-4-5-14(19)15-10-6-7-12(17)11(8-10)13(18)9-16(2)3/h6-8,17H,4-5,9H2,1-3H3,(H,15,19). The third-order valence-electron chi connectivity index (χ3n) is 2.52. The van der Waals surface area contributed by atoms with Crippen molar-refractivity contribution in [3.05, 3.63) is 23.8 Å². The summed E-state index contributed by atoms with van der Waals surface area (Å²) in [5.41, 5.74) is 0.751. The highest BCUT2D eigenvalue weighted by Crippen LogP contribution is 2.22. The molecule has 0 aliphatic carbocycles. The van der Waals surface area contributed by atoms with Crippen LogP contribution in [0.5, 0.6) is 5.75 Å². The number of aromatic hydroxyl groups is 1. The maximum atomic E-state index is 11.9. The molecule has 0 heterocycles. The van der Waals surface area contributed by atoms with Crippen LogP contribution >= 0.6 is 0 Å². The summed E-state index contributed by atoms with van der Waals surface area (Å²) >= 11 is 0. The Kier molecular flexibility index (Phi) is 5.51. The Balaban J connectivity index is 2.88. The molecular formula is C14H20N2O3. The van der Waals surface area contributed by atoms with E-state index in [0.29, 0.717) is 12.1 Å². The summed E-state index contributed by atoms with van der Waals surface area (Å²) in [7, 11) is 3.56. The summed E-state index contributed by atoms with van der Waals surface area (Å²) in [4.78, 5) is 25.1. The Morgan fingerprint density at radius 1 is 1.32 bits per heavy atom. The van der Waals surface area contributed by atoms with Crippen LogP contribution in [0.15, 0.2) is 18.2 Å². The second-order valence-corrected chi connectivity index (χ2v) is 4.69. The van der Waals surface area contributed by atoms with Crippen molar-refractivity contribution in [1.29, 1.82) is 0 Å². The van der Waals surface area contributed by atoms with Gasteiger partial charge in [0.25, 0.3) is 0 Å². The first-order chi connectivity index (χ1) is 8.93. The van der Waals surface area contributed by atoms with E-state index in [9.17, 15) is 14.7 Å². The fraction of sp³-hybridized carbons (Fsp3) is 0.429. The Labute approximate surface area is 113 Å². The number of rotatable bonds is 6. The van der Waals surface area contributed by atoms with Crippen LogP contribution in [0, 0.1) is 0 Å². The molecule has 5 nitrogen and oxygen atoms in total. The minimum absolute atomic E-state index is 0.0691. The molecule has 0 bridgehead atoms. The minimum Gasteiger partial charge on any atom is -0.507 e. The number of benzene rings is 1. The van der Waals surface area contributed by atoms with Crippen LogP contribution in [0.2, 0.25) is 0 Å². The molecule has 0 radical (unpaired) electrons. The number of nitrogens with zero attached hydrogens (tertiary/aromatic N) is 1. The van der Waals surface area contributed by atoms with Gasteiger partial charge in [0.05, 0.1) is 12.1 Å². The van der Waals surface area contributed by atoms with E-state index in [2.05, 4.69) is 5.32 Å². The maximum Gasteiger partial charge on any atom is 0.224 e. The maximum absolute atomic E-state index is 11.9. The number of likely N-dealkylation sites (N-methyl/N-ethyl adjacent to an activating group) is 1. The van der Waals surface area contributed by atoms with Gasteiger partial charge < -0.3 is 15.3 Å². The van der Waals surface area contributed by atoms with Crippen molar-refractivity contribution in [3.63, 3.8) is 0 Å². The van der Waals surface area contributed by atoms with E-state index in [1.165, 1.54) is 12.1 Å². The van der Waals surface area contributed by atoms with Crippen molar-refractivity contribution in [2.75, 3.05) is 26.0 Å². The highest BCUT2D eigenvalue weighted by Gasteiger charge is 2.13. The summed E-state index contributed by atoms with van der Waals surface area (Å²) in [6.07, 6.45) is 1.19. The van der Waals surface area contributed by atoms with E-state index in [1.807, 2.05) is 6.92 Å². The Morgan fingerprint density at radius 2 is 2.00 bits per heavy atom. The zero-order chi connectivity index (χ0) is 14.4. The lowest BCUT2D eigenvalue weighted by atomic mass is 10.1. The lowest BCUT2D eigenvalue weighted by molar-refractivity contribution is -0.116. The average molecular weight is 264 g/mol. The number of ketones is 1. The quantitative estimate of drug-likeness (QED) is 0.608.